The summed E-state index contributed by atoms with van der Waals surface area (Å²) in [5, 5.41) is 0. The van der Waals surface area contributed by atoms with E-state index in [9.17, 15) is 9.59 Å². The number of thiol groups is 1. The van der Waals surface area contributed by atoms with Crippen LogP contribution in [0.15, 0.2) is 18.3 Å². The SMILES string of the molecule is COC(=O)c1ccnc(N2CC(CS)CC2=O)c1. The van der Waals surface area contributed by atoms with Crippen LogP contribution >= 0.6 is 12.6 Å². The molecule has 1 fully saturated rings. The number of hydrogen-bond acceptors (Lipinski definition) is 5. The molecule has 0 N–H and O–H groups in total. The highest BCUT2D eigenvalue weighted by atomic mass is 32.1. The number of aromatic nitrogens is 1. The van der Waals surface area contributed by atoms with Gasteiger partial charge in [0.25, 0.3) is 0 Å². The molecule has 1 amide bonds. The highest BCUT2D eigenvalue weighted by molar-refractivity contribution is 7.80. The van der Waals surface area contributed by atoms with Crippen LogP contribution < -0.4 is 4.90 Å². The number of hydrogen-bond donors (Lipinski definition) is 1. The Labute approximate surface area is 111 Å². The number of nitrogens with zero attached hydrogens (tertiary/aromatic N) is 2. The molecule has 0 spiro atoms. The van der Waals surface area contributed by atoms with Gasteiger partial charge in [0, 0.05) is 19.2 Å². The van der Waals surface area contributed by atoms with Crippen LogP contribution in [0.2, 0.25) is 0 Å². The summed E-state index contributed by atoms with van der Waals surface area (Å²) in [6, 6.07) is 3.14. The molecule has 1 unspecified atom stereocenters. The maximum atomic E-state index is 11.8. The number of methoxy groups -OCH3 is 1. The number of carbonyl (C=O) groups excluding carboxylic acids is 2. The number of esters is 1. The Hall–Kier alpha value is -1.56. The molecule has 5 nitrogen and oxygen atoms in total. The standard InChI is InChI=1S/C12H14N2O3S/c1-17-12(16)9-2-3-13-10(5-9)14-6-8(7-18)4-11(14)15/h2-3,5,8,18H,4,6-7H2,1H3. The lowest BCUT2D eigenvalue weighted by Gasteiger charge is -2.15. The van der Waals surface area contributed by atoms with Gasteiger partial charge in [-0.15, -0.1) is 0 Å². The van der Waals surface area contributed by atoms with Gasteiger partial charge in [-0.05, 0) is 23.8 Å². The zero-order valence-electron chi connectivity index (χ0n) is 10.00. The predicted octanol–water partition coefficient (Wildman–Crippen LogP) is 1.15. The molecule has 0 aliphatic carbocycles. The maximum Gasteiger partial charge on any atom is 0.338 e. The predicted molar refractivity (Wildman–Crippen MR) is 69.9 cm³/mol. The van der Waals surface area contributed by atoms with Crippen molar-refractivity contribution in [3.8, 4) is 0 Å². The second-order valence-electron chi connectivity index (χ2n) is 4.15. The van der Waals surface area contributed by atoms with E-state index in [4.69, 9.17) is 0 Å². The third-order valence-electron chi connectivity index (χ3n) is 2.91. The molecule has 1 atom stereocenters. The molecule has 1 aromatic rings. The molecule has 0 radical (unpaired) electrons. The molecule has 18 heavy (non-hydrogen) atoms. The van der Waals surface area contributed by atoms with Crippen LogP contribution in [0.3, 0.4) is 0 Å². The summed E-state index contributed by atoms with van der Waals surface area (Å²) < 4.78 is 4.64. The molecule has 1 saturated heterocycles. The summed E-state index contributed by atoms with van der Waals surface area (Å²) in [5.41, 5.74) is 0.393. The summed E-state index contributed by atoms with van der Waals surface area (Å²) in [6.45, 7) is 0.597. The Balaban J connectivity index is 2.24. The van der Waals surface area contributed by atoms with Gasteiger partial charge in [-0.3, -0.25) is 9.69 Å². The Kier molecular flexibility index (Phi) is 3.86. The monoisotopic (exact) mass is 266 g/mol. The first-order valence-electron chi connectivity index (χ1n) is 5.61. The zero-order chi connectivity index (χ0) is 13.1. The van der Waals surface area contributed by atoms with E-state index < -0.39 is 5.97 Å². The summed E-state index contributed by atoms with van der Waals surface area (Å²) in [7, 11) is 1.32. The van der Waals surface area contributed by atoms with Crippen LogP contribution in [0.1, 0.15) is 16.8 Å². The van der Waals surface area contributed by atoms with Crippen LogP contribution in [0.4, 0.5) is 5.82 Å². The lowest BCUT2D eigenvalue weighted by molar-refractivity contribution is -0.117. The minimum atomic E-state index is -0.434. The van der Waals surface area contributed by atoms with Gasteiger partial charge in [0.05, 0.1) is 12.7 Å². The van der Waals surface area contributed by atoms with Crippen molar-refractivity contribution >= 4 is 30.3 Å². The second kappa shape index (κ2) is 5.39. The van der Waals surface area contributed by atoms with Crippen molar-refractivity contribution in [2.75, 3.05) is 24.3 Å². The first-order chi connectivity index (χ1) is 8.65. The normalized spacial score (nSPS) is 19.1. The van der Waals surface area contributed by atoms with Crippen molar-refractivity contribution in [1.29, 1.82) is 0 Å². The first-order valence-corrected chi connectivity index (χ1v) is 6.24. The third kappa shape index (κ3) is 2.48. The van der Waals surface area contributed by atoms with Crippen LogP contribution in [-0.4, -0.2) is 36.3 Å². The molecule has 2 heterocycles. The van der Waals surface area contributed by atoms with Crippen molar-refractivity contribution in [3.63, 3.8) is 0 Å². The molecular weight excluding hydrogens is 252 g/mol. The number of amides is 1. The zero-order valence-corrected chi connectivity index (χ0v) is 10.9. The Morgan fingerprint density at radius 2 is 2.44 bits per heavy atom. The lowest BCUT2D eigenvalue weighted by Crippen LogP contribution is -2.26. The van der Waals surface area contributed by atoms with Crippen molar-refractivity contribution in [2.24, 2.45) is 5.92 Å². The molecule has 2 rings (SSSR count). The van der Waals surface area contributed by atoms with Crippen molar-refractivity contribution in [3.05, 3.63) is 23.9 Å². The highest BCUT2D eigenvalue weighted by Gasteiger charge is 2.30. The van der Waals surface area contributed by atoms with Crippen molar-refractivity contribution in [2.45, 2.75) is 6.42 Å². The lowest BCUT2D eigenvalue weighted by atomic mass is 10.1. The van der Waals surface area contributed by atoms with Crippen LogP contribution in [-0.2, 0) is 9.53 Å². The molecule has 96 valence electrons. The maximum absolute atomic E-state index is 11.8. The van der Waals surface area contributed by atoms with E-state index in [-0.39, 0.29) is 11.8 Å². The largest absolute Gasteiger partial charge is 0.465 e. The van der Waals surface area contributed by atoms with Gasteiger partial charge in [0.15, 0.2) is 0 Å². The molecular formula is C12H14N2O3S. The summed E-state index contributed by atoms with van der Waals surface area (Å²) in [6.07, 6.45) is 1.98. The van der Waals surface area contributed by atoms with Gasteiger partial charge in [0.2, 0.25) is 5.91 Å². The Morgan fingerprint density at radius 3 is 3.06 bits per heavy atom. The summed E-state index contributed by atoms with van der Waals surface area (Å²) in [5.74, 6) is 0.982. The fraction of sp³-hybridized carbons (Fsp3) is 0.417. The summed E-state index contributed by atoms with van der Waals surface area (Å²) >= 11 is 4.20. The van der Waals surface area contributed by atoms with E-state index in [0.29, 0.717) is 30.1 Å². The third-order valence-corrected chi connectivity index (χ3v) is 3.42. The summed E-state index contributed by atoms with van der Waals surface area (Å²) in [4.78, 5) is 29.0. The smallest absolute Gasteiger partial charge is 0.338 e. The number of ether oxygens (including phenoxy) is 1. The van der Waals surface area contributed by atoms with E-state index in [0.717, 1.165) is 0 Å². The van der Waals surface area contributed by atoms with E-state index in [1.54, 1.807) is 17.0 Å². The fourth-order valence-electron chi connectivity index (χ4n) is 1.94. The van der Waals surface area contributed by atoms with Crippen LogP contribution in [0.5, 0.6) is 0 Å². The number of anilines is 1. The minimum absolute atomic E-state index is 0.0172. The Bertz CT molecular complexity index is 478. The molecule has 1 aliphatic heterocycles. The van der Waals surface area contributed by atoms with Gasteiger partial charge in [-0.1, -0.05) is 0 Å². The van der Waals surface area contributed by atoms with Gasteiger partial charge < -0.3 is 4.74 Å². The van der Waals surface area contributed by atoms with Crippen LogP contribution in [0.25, 0.3) is 0 Å². The van der Waals surface area contributed by atoms with E-state index in [1.165, 1.54) is 13.3 Å². The van der Waals surface area contributed by atoms with Gasteiger partial charge in [-0.25, -0.2) is 9.78 Å². The van der Waals surface area contributed by atoms with Gasteiger partial charge in [0.1, 0.15) is 5.82 Å². The number of rotatable bonds is 3. The van der Waals surface area contributed by atoms with Gasteiger partial charge >= 0.3 is 5.97 Å². The highest BCUT2D eigenvalue weighted by Crippen LogP contribution is 2.24. The van der Waals surface area contributed by atoms with Crippen molar-refractivity contribution < 1.29 is 14.3 Å². The van der Waals surface area contributed by atoms with Gasteiger partial charge in [-0.2, -0.15) is 12.6 Å². The van der Waals surface area contributed by atoms with E-state index in [2.05, 4.69) is 22.3 Å². The Morgan fingerprint density at radius 1 is 1.67 bits per heavy atom. The fourth-order valence-corrected chi connectivity index (χ4v) is 2.18. The van der Waals surface area contributed by atoms with Crippen LogP contribution in [0, 0.1) is 5.92 Å². The minimum Gasteiger partial charge on any atom is -0.465 e. The van der Waals surface area contributed by atoms with Crippen molar-refractivity contribution in [1.82, 2.24) is 4.98 Å². The quantitative estimate of drug-likeness (QED) is 0.658. The molecule has 1 aromatic heterocycles. The first kappa shape index (κ1) is 12.9. The molecule has 1 aliphatic rings. The molecule has 0 aromatic carbocycles. The molecule has 0 saturated carbocycles. The number of pyridine rings is 1. The topological polar surface area (TPSA) is 59.5 Å². The second-order valence-corrected chi connectivity index (χ2v) is 4.52. The average Bonchev–Trinajstić information content (AvgIpc) is 2.79. The van der Waals surface area contributed by atoms with E-state index in [1.807, 2.05) is 0 Å². The number of carbonyl (C=O) groups is 2. The van der Waals surface area contributed by atoms with E-state index >= 15 is 0 Å². The average molecular weight is 266 g/mol. The molecule has 6 heteroatoms. The molecule has 0 bridgehead atoms.